The van der Waals surface area contributed by atoms with Crippen molar-refractivity contribution in [1.29, 1.82) is 0 Å². The second kappa shape index (κ2) is 6.74. The molecule has 5 heteroatoms. The molecular weight excluding hydrogens is 304 g/mol. The van der Waals surface area contributed by atoms with Crippen LogP contribution >= 0.6 is 0 Å². The van der Waals surface area contributed by atoms with Gasteiger partial charge in [0.15, 0.2) is 0 Å². The number of carbonyl (C=O) groups is 1. The van der Waals surface area contributed by atoms with E-state index in [1.165, 1.54) is 0 Å². The Morgan fingerprint density at radius 1 is 1.21 bits per heavy atom. The number of hydrogen-bond acceptors (Lipinski definition) is 3. The van der Waals surface area contributed by atoms with Crippen molar-refractivity contribution in [2.75, 3.05) is 0 Å². The van der Waals surface area contributed by atoms with E-state index in [0.717, 1.165) is 28.2 Å². The number of carboxylic acids is 1. The van der Waals surface area contributed by atoms with Gasteiger partial charge in [-0.3, -0.25) is 4.79 Å². The third kappa shape index (κ3) is 3.40. The lowest BCUT2D eigenvalue weighted by atomic mass is 10.1. The van der Waals surface area contributed by atoms with Crippen LogP contribution in [0.15, 0.2) is 48.5 Å². The van der Waals surface area contributed by atoms with Gasteiger partial charge in [-0.15, -0.1) is 0 Å². The van der Waals surface area contributed by atoms with Gasteiger partial charge in [0.1, 0.15) is 18.2 Å². The Morgan fingerprint density at radius 3 is 2.62 bits per heavy atom. The highest BCUT2D eigenvalue weighted by Gasteiger charge is 2.15. The first kappa shape index (κ1) is 16.1. The van der Waals surface area contributed by atoms with Crippen LogP contribution in [0.4, 0.5) is 0 Å². The molecule has 0 aliphatic heterocycles. The molecule has 2 aromatic carbocycles. The molecule has 0 fully saturated rings. The van der Waals surface area contributed by atoms with E-state index in [0.29, 0.717) is 6.61 Å². The number of imidazole rings is 1. The molecule has 0 bridgehead atoms. The predicted octanol–water partition coefficient (Wildman–Crippen LogP) is 3.82. The topological polar surface area (TPSA) is 64.4 Å². The highest BCUT2D eigenvalue weighted by atomic mass is 16.5. The van der Waals surface area contributed by atoms with Gasteiger partial charge >= 0.3 is 5.97 Å². The van der Waals surface area contributed by atoms with Crippen molar-refractivity contribution in [2.24, 2.45) is 0 Å². The minimum atomic E-state index is -0.842. The van der Waals surface area contributed by atoms with E-state index in [1.807, 2.05) is 48.5 Å². The van der Waals surface area contributed by atoms with Crippen molar-refractivity contribution >= 4 is 17.0 Å². The van der Waals surface area contributed by atoms with Crippen LogP contribution in [0.2, 0.25) is 0 Å². The van der Waals surface area contributed by atoms with Crippen LogP contribution in [-0.2, 0) is 17.8 Å². The van der Waals surface area contributed by atoms with Crippen molar-refractivity contribution in [1.82, 2.24) is 9.55 Å². The van der Waals surface area contributed by atoms with Gasteiger partial charge in [0.25, 0.3) is 0 Å². The summed E-state index contributed by atoms with van der Waals surface area (Å²) >= 11 is 0. The minimum absolute atomic E-state index is 0.000325. The van der Waals surface area contributed by atoms with Gasteiger partial charge in [-0.25, -0.2) is 4.98 Å². The fourth-order valence-corrected chi connectivity index (χ4v) is 2.82. The fourth-order valence-electron chi connectivity index (χ4n) is 2.82. The molecule has 124 valence electrons. The number of nitrogens with zero attached hydrogens (tertiary/aromatic N) is 2. The molecule has 0 amide bonds. The van der Waals surface area contributed by atoms with Gasteiger partial charge in [0, 0.05) is 6.04 Å². The Bertz CT molecular complexity index is 854. The first-order valence-corrected chi connectivity index (χ1v) is 7.94. The third-order valence-electron chi connectivity index (χ3n) is 3.81. The van der Waals surface area contributed by atoms with E-state index in [1.54, 1.807) is 0 Å². The number of rotatable bonds is 6. The van der Waals surface area contributed by atoms with Crippen LogP contribution in [-0.4, -0.2) is 20.6 Å². The van der Waals surface area contributed by atoms with E-state index < -0.39 is 5.97 Å². The molecule has 0 unspecified atom stereocenters. The summed E-state index contributed by atoms with van der Waals surface area (Å²) in [6.07, 6.45) is 0.000325. The Kier molecular flexibility index (Phi) is 4.51. The van der Waals surface area contributed by atoms with Crippen LogP contribution in [0, 0.1) is 0 Å². The van der Waals surface area contributed by atoms with Crippen molar-refractivity contribution in [3.8, 4) is 5.75 Å². The smallest absolute Gasteiger partial charge is 0.307 e. The average molecular weight is 324 g/mol. The lowest BCUT2D eigenvalue weighted by molar-refractivity contribution is -0.136. The summed E-state index contributed by atoms with van der Waals surface area (Å²) in [6, 6.07) is 15.5. The molecule has 0 saturated heterocycles. The Hall–Kier alpha value is -2.82. The maximum Gasteiger partial charge on any atom is 0.307 e. The van der Waals surface area contributed by atoms with E-state index in [-0.39, 0.29) is 12.5 Å². The molecular formula is C19H20N2O3. The Labute approximate surface area is 140 Å². The normalized spacial score (nSPS) is 11.1. The molecule has 0 spiro atoms. The largest absolute Gasteiger partial charge is 0.486 e. The summed E-state index contributed by atoms with van der Waals surface area (Å²) in [4.78, 5) is 15.6. The van der Waals surface area contributed by atoms with Gasteiger partial charge in [0.05, 0.1) is 17.5 Å². The molecule has 0 atom stereocenters. The molecule has 1 aromatic heterocycles. The molecule has 1 N–H and O–H groups in total. The molecule has 0 aliphatic rings. The zero-order valence-electron chi connectivity index (χ0n) is 13.8. The summed E-state index contributed by atoms with van der Waals surface area (Å²) in [7, 11) is 0. The number of para-hydroxylation sites is 1. The van der Waals surface area contributed by atoms with Gasteiger partial charge in [-0.05, 0) is 43.7 Å². The molecule has 3 rings (SSSR count). The first-order valence-electron chi connectivity index (χ1n) is 7.94. The third-order valence-corrected chi connectivity index (χ3v) is 3.81. The average Bonchev–Trinajstić information content (AvgIpc) is 2.91. The number of ether oxygens (including phenoxy) is 1. The van der Waals surface area contributed by atoms with Gasteiger partial charge in [-0.2, -0.15) is 0 Å². The highest BCUT2D eigenvalue weighted by Crippen LogP contribution is 2.23. The highest BCUT2D eigenvalue weighted by molar-refractivity contribution is 5.79. The number of hydrogen-bond donors (Lipinski definition) is 1. The van der Waals surface area contributed by atoms with Crippen LogP contribution < -0.4 is 4.74 Å². The van der Waals surface area contributed by atoms with Gasteiger partial charge in [-0.1, -0.05) is 24.3 Å². The quantitative estimate of drug-likeness (QED) is 0.748. The summed E-state index contributed by atoms with van der Waals surface area (Å²) in [6.45, 7) is 4.56. The Balaban J connectivity index is 1.93. The molecule has 1 heterocycles. The second-order valence-electron chi connectivity index (χ2n) is 5.99. The molecule has 3 aromatic rings. The molecule has 0 saturated carbocycles. The van der Waals surface area contributed by atoms with Crippen LogP contribution in [0.1, 0.15) is 31.3 Å². The number of benzene rings is 2. The molecule has 0 radical (unpaired) electrons. The van der Waals surface area contributed by atoms with Crippen LogP contribution in [0.3, 0.4) is 0 Å². The van der Waals surface area contributed by atoms with Crippen molar-refractivity contribution in [3.63, 3.8) is 0 Å². The monoisotopic (exact) mass is 324 g/mol. The minimum Gasteiger partial charge on any atom is -0.486 e. The lowest BCUT2D eigenvalue weighted by Crippen LogP contribution is -2.09. The zero-order valence-corrected chi connectivity index (χ0v) is 13.8. The number of fused-ring (bicyclic) bond motifs is 1. The van der Waals surface area contributed by atoms with Gasteiger partial charge in [0.2, 0.25) is 0 Å². The SMILES string of the molecule is CC(C)n1c(COc2ccccc2)nc2cc(CC(=O)O)ccc21. The zero-order chi connectivity index (χ0) is 17.1. The van der Waals surface area contributed by atoms with Crippen molar-refractivity contribution in [2.45, 2.75) is 32.9 Å². The van der Waals surface area contributed by atoms with Crippen molar-refractivity contribution in [3.05, 3.63) is 59.9 Å². The van der Waals surface area contributed by atoms with E-state index in [9.17, 15) is 4.79 Å². The summed E-state index contributed by atoms with van der Waals surface area (Å²) in [5.41, 5.74) is 2.54. The maximum absolute atomic E-state index is 10.9. The first-order chi connectivity index (χ1) is 11.5. The van der Waals surface area contributed by atoms with E-state index in [4.69, 9.17) is 9.84 Å². The number of aliphatic carboxylic acids is 1. The summed E-state index contributed by atoms with van der Waals surface area (Å²) in [5.74, 6) is 0.785. The number of carboxylic acid groups (broad SMARTS) is 1. The maximum atomic E-state index is 10.9. The fraction of sp³-hybridized carbons (Fsp3) is 0.263. The molecule has 0 aliphatic carbocycles. The van der Waals surface area contributed by atoms with E-state index in [2.05, 4.69) is 23.4 Å². The number of aromatic nitrogens is 2. The summed E-state index contributed by atoms with van der Waals surface area (Å²) in [5, 5.41) is 8.95. The molecule has 24 heavy (non-hydrogen) atoms. The predicted molar refractivity (Wildman–Crippen MR) is 92.2 cm³/mol. The lowest BCUT2D eigenvalue weighted by Gasteiger charge is -2.13. The standard InChI is InChI=1S/C19H20N2O3/c1-13(2)21-17-9-8-14(11-19(22)23)10-16(17)20-18(21)12-24-15-6-4-3-5-7-15/h3-10,13H,11-12H2,1-2H3,(H,22,23). The van der Waals surface area contributed by atoms with Crippen LogP contribution in [0.25, 0.3) is 11.0 Å². The van der Waals surface area contributed by atoms with Crippen molar-refractivity contribution < 1.29 is 14.6 Å². The summed E-state index contributed by atoms with van der Waals surface area (Å²) < 4.78 is 7.96. The van der Waals surface area contributed by atoms with E-state index >= 15 is 0 Å². The van der Waals surface area contributed by atoms with Crippen LogP contribution in [0.5, 0.6) is 5.75 Å². The Morgan fingerprint density at radius 2 is 1.96 bits per heavy atom. The second-order valence-corrected chi connectivity index (χ2v) is 5.99. The molecule has 5 nitrogen and oxygen atoms in total. The van der Waals surface area contributed by atoms with Gasteiger partial charge < -0.3 is 14.4 Å².